The number of hydrogen-bond donors (Lipinski definition) is 1. The number of hydrogen-bond acceptors (Lipinski definition) is 7. The van der Waals surface area contributed by atoms with Crippen molar-refractivity contribution < 1.29 is 4.79 Å². The van der Waals surface area contributed by atoms with E-state index in [1.54, 1.807) is 11.3 Å². The van der Waals surface area contributed by atoms with Crippen molar-refractivity contribution in [3.05, 3.63) is 60.2 Å². The van der Waals surface area contributed by atoms with Gasteiger partial charge in [0.05, 0.1) is 29.0 Å². The van der Waals surface area contributed by atoms with Crippen LogP contribution in [-0.4, -0.2) is 29.6 Å². The number of pyridine rings is 1. The number of amides is 1. The van der Waals surface area contributed by atoms with E-state index in [2.05, 4.69) is 15.3 Å². The first-order valence-electron chi connectivity index (χ1n) is 10.7. The SMILES string of the molecule is Cn1c(=O)c2cc(NC(=O)CCn3cnc4sc5c(c4c3=O)CCCC5)cnc2n(C)c1=O. The van der Waals surface area contributed by atoms with Gasteiger partial charge in [-0.05, 0) is 37.3 Å². The maximum Gasteiger partial charge on any atom is 0.332 e. The number of carbonyl (C=O) groups excluding carboxylic acids is 1. The smallest absolute Gasteiger partial charge is 0.325 e. The van der Waals surface area contributed by atoms with Crippen molar-refractivity contribution in [3.8, 4) is 0 Å². The number of carbonyl (C=O) groups is 1. The largest absolute Gasteiger partial charge is 0.332 e. The maximum atomic E-state index is 13.0. The van der Waals surface area contributed by atoms with Crippen LogP contribution in [0.5, 0.6) is 0 Å². The number of fused-ring (bicyclic) bond motifs is 4. The van der Waals surface area contributed by atoms with Gasteiger partial charge < -0.3 is 5.32 Å². The summed E-state index contributed by atoms with van der Waals surface area (Å²) in [4.78, 5) is 60.7. The molecule has 33 heavy (non-hydrogen) atoms. The van der Waals surface area contributed by atoms with E-state index < -0.39 is 11.2 Å². The summed E-state index contributed by atoms with van der Waals surface area (Å²) in [7, 11) is 2.92. The van der Waals surface area contributed by atoms with Gasteiger partial charge in [0.2, 0.25) is 5.91 Å². The second-order valence-electron chi connectivity index (χ2n) is 8.23. The zero-order chi connectivity index (χ0) is 23.3. The van der Waals surface area contributed by atoms with Crippen LogP contribution in [0.25, 0.3) is 21.3 Å². The Labute approximate surface area is 191 Å². The molecule has 1 N–H and O–H groups in total. The van der Waals surface area contributed by atoms with Gasteiger partial charge in [-0.15, -0.1) is 11.3 Å². The fraction of sp³-hybridized carbons (Fsp3) is 0.364. The Bertz CT molecular complexity index is 1610. The summed E-state index contributed by atoms with van der Waals surface area (Å²) in [6, 6.07) is 1.50. The minimum Gasteiger partial charge on any atom is -0.325 e. The van der Waals surface area contributed by atoms with Crippen molar-refractivity contribution in [1.29, 1.82) is 0 Å². The highest BCUT2D eigenvalue weighted by molar-refractivity contribution is 7.18. The first kappa shape index (κ1) is 21.3. The molecule has 0 bridgehead atoms. The molecular weight excluding hydrogens is 444 g/mol. The third kappa shape index (κ3) is 3.58. The van der Waals surface area contributed by atoms with E-state index >= 15 is 0 Å². The summed E-state index contributed by atoms with van der Waals surface area (Å²) < 4.78 is 3.75. The van der Waals surface area contributed by atoms with Gasteiger partial charge in [0, 0.05) is 31.9 Å². The van der Waals surface area contributed by atoms with Crippen LogP contribution in [0, 0.1) is 0 Å². The summed E-state index contributed by atoms with van der Waals surface area (Å²) in [5.74, 6) is -0.322. The second kappa shape index (κ2) is 8.07. The van der Waals surface area contributed by atoms with Crippen molar-refractivity contribution in [2.24, 2.45) is 14.1 Å². The molecule has 0 saturated heterocycles. The van der Waals surface area contributed by atoms with Gasteiger partial charge in [-0.25, -0.2) is 14.8 Å². The van der Waals surface area contributed by atoms with Crippen LogP contribution in [0.4, 0.5) is 5.69 Å². The maximum absolute atomic E-state index is 13.0. The molecule has 10 nitrogen and oxygen atoms in total. The number of thiophene rings is 1. The molecule has 0 spiro atoms. The molecule has 0 radical (unpaired) electrons. The fourth-order valence-corrected chi connectivity index (χ4v) is 5.54. The van der Waals surface area contributed by atoms with Crippen LogP contribution >= 0.6 is 11.3 Å². The third-order valence-electron chi connectivity index (χ3n) is 6.10. The minimum atomic E-state index is -0.485. The van der Waals surface area contributed by atoms with Crippen LogP contribution in [0.3, 0.4) is 0 Å². The van der Waals surface area contributed by atoms with Crippen LogP contribution in [0.15, 0.2) is 33.0 Å². The Morgan fingerprint density at radius 3 is 2.70 bits per heavy atom. The molecule has 1 aliphatic rings. The lowest BCUT2D eigenvalue weighted by molar-refractivity contribution is -0.116. The predicted molar refractivity (Wildman–Crippen MR) is 126 cm³/mol. The molecular formula is C22H22N6O4S. The summed E-state index contributed by atoms with van der Waals surface area (Å²) >= 11 is 1.59. The first-order chi connectivity index (χ1) is 15.8. The lowest BCUT2D eigenvalue weighted by Gasteiger charge is -2.11. The van der Waals surface area contributed by atoms with Crippen molar-refractivity contribution in [2.75, 3.05) is 5.32 Å². The molecule has 0 aliphatic heterocycles. The van der Waals surface area contributed by atoms with E-state index in [0.717, 1.165) is 40.6 Å². The summed E-state index contributed by atoms with van der Waals surface area (Å²) in [5.41, 5.74) is 0.642. The Kier molecular flexibility index (Phi) is 5.20. The van der Waals surface area contributed by atoms with Gasteiger partial charge in [0.15, 0.2) is 0 Å². The molecule has 5 rings (SSSR count). The molecule has 4 aromatic rings. The first-order valence-corrected chi connectivity index (χ1v) is 11.5. The molecule has 4 aromatic heterocycles. The van der Waals surface area contributed by atoms with Crippen molar-refractivity contribution >= 4 is 44.2 Å². The highest BCUT2D eigenvalue weighted by Crippen LogP contribution is 2.33. The van der Waals surface area contributed by atoms with Gasteiger partial charge >= 0.3 is 5.69 Å². The number of nitrogens with one attached hydrogen (secondary N) is 1. The Balaban J connectivity index is 1.36. The molecule has 170 valence electrons. The lowest BCUT2D eigenvalue weighted by Crippen LogP contribution is -2.37. The van der Waals surface area contributed by atoms with Crippen LogP contribution in [0.1, 0.15) is 29.7 Å². The van der Waals surface area contributed by atoms with Crippen molar-refractivity contribution in [1.82, 2.24) is 23.7 Å². The highest BCUT2D eigenvalue weighted by Gasteiger charge is 2.20. The summed E-state index contributed by atoms with van der Waals surface area (Å²) in [6.45, 7) is 0.190. The summed E-state index contributed by atoms with van der Waals surface area (Å²) in [6.07, 6.45) is 7.07. The topological polar surface area (TPSA) is 121 Å². The average molecular weight is 467 g/mol. The number of aromatic nitrogens is 5. The predicted octanol–water partition coefficient (Wildman–Crippen LogP) is 1.31. The van der Waals surface area contributed by atoms with E-state index in [0.29, 0.717) is 11.1 Å². The Morgan fingerprint density at radius 2 is 1.88 bits per heavy atom. The number of rotatable bonds is 4. The number of anilines is 1. The lowest BCUT2D eigenvalue weighted by atomic mass is 9.97. The standard InChI is InChI=1S/C22H22N6O4S/c1-26-18-14(20(30)27(2)22(26)32)9-12(10-23-18)25-16(29)7-8-28-11-24-19-17(21(28)31)13-5-3-4-6-15(13)33-19/h9-11H,3-8H2,1-2H3,(H,25,29). The van der Waals surface area contributed by atoms with Gasteiger partial charge in [-0.2, -0.15) is 0 Å². The van der Waals surface area contributed by atoms with Crippen LogP contribution < -0.4 is 22.1 Å². The van der Waals surface area contributed by atoms with Crippen LogP contribution in [-0.2, 0) is 38.3 Å². The van der Waals surface area contributed by atoms with E-state index in [4.69, 9.17) is 0 Å². The molecule has 1 amide bonds. The van der Waals surface area contributed by atoms with E-state index in [1.807, 2.05) is 0 Å². The van der Waals surface area contributed by atoms with E-state index in [9.17, 15) is 19.2 Å². The van der Waals surface area contributed by atoms with Gasteiger partial charge in [-0.1, -0.05) is 0 Å². The van der Waals surface area contributed by atoms with Crippen LogP contribution in [0.2, 0.25) is 0 Å². The summed E-state index contributed by atoms with van der Waals surface area (Å²) in [5, 5.41) is 3.64. The average Bonchev–Trinajstić information content (AvgIpc) is 3.20. The van der Waals surface area contributed by atoms with E-state index in [1.165, 1.54) is 46.7 Å². The number of aryl methyl sites for hydroxylation is 4. The quantitative estimate of drug-likeness (QED) is 0.484. The van der Waals surface area contributed by atoms with Gasteiger partial charge in [0.25, 0.3) is 11.1 Å². The van der Waals surface area contributed by atoms with E-state index in [-0.39, 0.29) is 35.5 Å². The zero-order valence-electron chi connectivity index (χ0n) is 18.3. The molecule has 0 saturated carbocycles. The van der Waals surface area contributed by atoms with Crippen molar-refractivity contribution in [3.63, 3.8) is 0 Å². The molecule has 4 heterocycles. The monoisotopic (exact) mass is 466 g/mol. The molecule has 0 fully saturated rings. The fourth-order valence-electron chi connectivity index (χ4n) is 4.32. The third-order valence-corrected chi connectivity index (χ3v) is 7.30. The number of nitrogens with zero attached hydrogens (tertiary/aromatic N) is 5. The highest BCUT2D eigenvalue weighted by atomic mass is 32.1. The van der Waals surface area contributed by atoms with Crippen molar-refractivity contribution in [2.45, 2.75) is 38.6 Å². The van der Waals surface area contributed by atoms with Gasteiger partial charge in [0.1, 0.15) is 10.5 Å². The molecule has 0 atom stereocenters. The minimum absolute atomic E-state index is 0.0583. The second-order valence-corrected chi connectivity index (χ2v) is 9.32. The zero-order valence-corrected chi connectivity index (χ0v) is 19.1. The van der Waals surface area contributed by atoms with Gasteiger partial charge in [-0.3, -0.25) is 28.1 Å². The Hall–Kier alpha value is -3.60. The molecule has 1 aliphatic carbocycles. The Morgan fingerprint density at radius 1 is 1.09 bits per heavy atom. The normalized spacial score (nSPS) is 13.4. The molecule has 0 aromatic carbocycles. The molecule has 11 heteroatoms. The molecule has 0 unspecified atom stereocenters.